The molecule has 13 heavy (non-hydrogen) atoms. The molecule has 0 aliphatic heterocycles. The van der Waals surface area contributed by atoms with Gasteiger partial charge in [0.25, 0.3) is 0 Å². The summed E-state index contributed by atoms with van der Waals surface area (Å²) in [7, 11) is 0. The van der Waals surface area contributed by atoms with Gasteiger partial charge in [0, 0.05) is 24.6 Å². The molecule has 1 aliphatic rings. The Balaban J connectivity index is 2.30. The van der Waals surface area contributed by atoms with Crippen LogP contribution in [-0.2, 0) is 4.74 Å². The van der Waals surface area contributed by atoms with Gasteiger partial charge in [0.2, 0.25) is 0 Å². The quantitative estimate of drug-likeness (QED) is 0.711. The van der Waals surface area contributed by atoms with Crippen LogP contribution in [0.3, 0.4) is 0 Å². The van der Waals surface area contributed by atoms with Gasteiger partial charge in [-0.3, -0.25) is 0 Å². The first-order valence-electron chi connectivity index (χ1n) is 5.03. The lowest BCUT2D eigenvalue weighted by molar-refractivity contribution is -0.114. The highest BCUT2D eigenvalue weighted by atomic mass is 19.1. The van der Waals surface area contributed by atoms with E-state index in [0.29, 0.717) is 18.7 Å². The first kappa shape index (κ1) is 10.9. The fraction of sp³-hybridized carbons (Fsp3) is 1.00. The minimum absolute atomic E-state index is 0.158. The maximum absolute atomic E-state index is 11.9. The minimum atomic E-state index is -0.286. The van der Waals surface area contributed by atoms with E-state index in [2.05, 4.69) is 19.2 Å². The van der Waals surface area contributed by atoms with Crippen LogP contribution in [0.1, 0.15) is 27.2 Å². The summed E-state index contributed by atoms with van der Waals surface area (Å²) in [5.74, 6) is 0. The average molecular weight is 189 g/mol. The Morgan fingerprint density at radius 2 is 2.23 bits per heavy atom. The lowest BCUT2D eigenvalue weighted by Crippen LogP contribution is -2.61. The third-order valence-corrected chi connectivity index (χ3v) is 3.03. The molecule has 1 saturated carbocycles. The number of halogens is 1. The van der Waals surface area contributed by atoms with Gasteiger partial charge in [-0.25, -0.2) is 4.39 Å². The summed E-state index contributed by atoms with van der Waals surface area (Å²) in [5, 5.41) is 3.19. The van der Waals surface area contributed by atoms with Crippen LogP contribution in [0.5, 0.6) is 0 Å². The molecular formula is C10H20FNO. The van der Waals surface area contributed by atoms with E-state index in [1.807, 2.05) is 6.92 Å². The lowest BCUT2D eigenvalue weighted by atomic mass is 9.64. The van der Waals surface area contributed by atoms with Gasteiger partial charge in [0.05, 0.1) is 6.10 Å². The second kappa shape index (κ2) is 4.38. The number of alkyl halides is 1. The standard InChI is InChI=1S/C10H20FNO/c1-4-13-9-7-8(10(9,2)3)12-6-5-11/h8-9,12H,4-7H2,1-3H3. The average Bonchev–Trinajstić information content (AvgIpc) is 2.10. The van der Waals surface area contributed by atoms with Crippen LogP contribution in [0.15, 0.2) is 0 Å². The normalized spacial score (nSPS) is 31.4. The molecule has 2 atom stereocenters. The van der Waals surface area contributed by atoms with Gasteiger partial charge >= 0.3 is 0 Å². The molecule has 0 radical (unpaired) electrons. The van der Waals surface area contributed by atoms with Gasteiger partial charge in [0.1, 0.15) is 6.67 Å². The predicted octanol–water partition coefficient (Wildman–Crippen LogP) is 1.75. The molecule has 0 spiro atoms. The monoisotopic (exact) mass is 189 g/mol. The molecule has 0 heterocycles. The second-order valence-corrected chi connectivity index (χ2v) is 4.20. The van der Waals surface area contributed by atoms with E-state index in [4.69, 9.17) is 4.74 Å². The van der Waals surface area contributed by atoms with Crippen LogP contribution in [-0.4, -0.2) is 32.0 Å². The van der Waals surface area contributed by atoms with E-state index in [1.165, 1.54) is 0 Å². The van der Waals surface area contributed by atoms with Crippen LogP contribution in [0, 0.1) is 5.41 Å². The molecule has 1 aliphatic carbocycles. The summed E-state index contributed by atoms with van der Waals surface area (Å²) in [6.45, 7) is 7.31. The van der Waals surface area contributed by atoms with Gasteiger partial charge in [-0.1, -0.05) is 13.8 Å². The number of hydrogen-bond acceptors (Lipinski definition) is 2. The zero-order chi connectivity index (χ0) is 9.90. The van der Waals surface area contributed by atoms with Crippen LogP contribution in [0.4, 0.5) is 4.39 Å². The van der Waals surface area contributed by atoms with Crippen molar-refractivity contribution in [2.45, 2.75) is 39.3 Å². The molecule has 0 aromatic heterocycles. The lowest BCUT2D eigenvalue weighted by Gasteiger charge is -2.51. The van der Waals surface area contributed by atoms with E-state index in [0.717, 1.165) is 13.0 Å². The zero-order valence-corrected chi connectivity index (χ0v) is 8.77. The smallest absolute Gasteiger partial charge is 0.102 e. The van der Waals surface area contributed by atoms with E-state index in [9.17, 15) is 4.39 Å². The molecule has 0 bridgehead atoms. The number of rotatable bonds is 5. The van der Waals surface area contributed by atoms with E-state index in [1.54, 1.807) is 0 Å². The molecule has 3 heteroatoms. The van der Waals surface area contributed by atoms with Crippen LogP contribution in [0.2, 0.25) is 0 Å². The number of nitrogens with one attached hydrogen (secondary N) is 1. The number of hydrogen-bond donors (Lipinski definition) is 1. The molecule has 2 unspecified atom stereocenters. The third kappa shape index (κ3) is 2.20. The highest BCUT2D eigenvalue weighted by Gasteiger charge is 2.48. The summed E-state index contributed by atoms with van der Waals surface area (Å²) >= 11 is 0. The highest BCUT2D eigenvalue weighted by molar-refractivity contribution is 5.02. The Labute approximate surface area is 79.8 Å². The van der Waals surface area contributed by atoms with Crippen molar-refractivity contribution in [3.8, 4) is 0 Å². The van der Waals surface area contributed by atoms with Crippen molar-refractivity contribution >= 4 is 0 Å². The Kier molecular flexibility index (Phi) is 3.68. The molecule has 0 amide bonds. The Bertz CT molecular complexity index is 161. The van der Waals surface area contributed by atoms with Gasteiger partial charge < -0.3 is 10.1 Å². The van der Waals surface area contributed by atoms with Crippen molar-refractivity contribution in [2.75, 3.05) is 19.8 Å². The van der Waals surface area contributed by atoms with Gasteiger partial charge in [0.15, 0.2) is 0 Å². The molecule has 78 valence electrons. The molecule has 1 fully saturated rings. The SMILES string of the molecule is CCOC1CC(NCCF)C1(C)C. The van der Waals surface area contributed by atoms with Crippen molar-refractivity contribution in [1.29, 1.82) is 0 Å². The summed E-state index contributed by atoms with van der Waals surface area (Å²) in [6.07, 6.45) is 1.36. The maximum atomic E-state index is 11.9. The number of ether oxygens (including phenoxy) is 1. The van der Waals surface area contributed by atoms with Gasteiger partial charge in [-0.15, -0.1) is 0 Å². The Morgan fingerprint density at radius 3 is 2.69 bits per heavy atom. The fourth-order valence-electron chi connectivity index (χ4n) is 1.94. The molecule has 0 aromatic carbocycles. The fourth-order valence-corrected chi connectivity index (χ4v) is 1.94. The van der Waals surface area contributed by atoms with Crippen molar-refractivity contribution in [1.82, 2.24) is 5.32 Å². The van der Waals surface area contributed by atoms with Crippen LogP contribution >= 0.6 is 0 Å². The van der Waals surface area contributed by atoms with Crippen LogP contribution in [0.25, 0.3) is 0 Å². The molecule has 2 nitrogen and oxygen atoms in total. The highest BCUT2D eigenvalue weighted by Crippen LogP contribution is 2.42. The molecule has 0 aromatic rings. The van der Waals surface area contributed by atoms with Crippen molar-refractivity contribution < 1.29 is 9.13 Å². The zero-order valence-electron chi connectivity index (χ0n) is 8.77. The first-order valence-corrected chi connectivity index (χ1v) is 5.03. The second-order valence-electron chi connectivity index (χ2n) is 4.20. The van der Waals surface area contributed by atoms with Gasteiger partial charge in [-0.2, -0.15) is 0 Å². The maximum Gasteiger partial charge on any atom is 0.102 e. The summed E-state index contributed by atoms with van der Waals surface area (Å²) < 4.78 is 17.5. The van der Waals surface area contributed by atoms with E-state index < -0.39 is 0 Å². The van der Waals surface area contributed by atoms with Gasteiger partial charge in [-0.05, 0) is 13.3 Å². The van der Waals surface area contributed by atoms with E-state index >= 15 is 0 Å². The van der Waals surface area contributed by atoms with Crippen LogP contribution < -0.4 is 5.32 Å². The van der Waals surface area contributed by atoms with Crippen molar-refractivity contribution in [3.05, 3.63) is 0 Å². The molecule has 0 saturated heterocycles. The first-order chi connectivity index (χ1) is 6.12. The summed E-state index contributed by atoms with van der Waals surface area (Å²) in [5.41, 5.74) is 0.158. The third-order valence-electron chi connectivity index (χ3n) is 3.03. The van der Waals surface area contributed by atoms with E-state index in [-0.39, 0.29) is 12.1 Å². The molecule has 1 N–H and O–H groups in total. The Morgan fingerprint density at radius 1 is 1.54 bits per heavy atom. The van der Waals surface area contributed by atoms with Crippen molar-refractivity contribution in [2.24, 2.45) is 5.41 Å². The predicted molar refractivity (Wildman–Crippen MR) is 51.6 cm³/mol. The minimum Gasteiger partial charge on any atom is -0.378 e. The van der Waals surface area contributed by atoms with Crippen molar-refractivity contribution in [3.63, 3.8) is 0 Å². The largest absolute Gasteiger partial charge is 0.378 e. The summed E-state index contributed by atoms with van der Waals surface area (Å²) in [4.78, 5) is 0. The molecular weight excluding hydrogens is 169 g/mol. The Hall–Kier alpha value is -0.150. The summed E-state index contributed by atoms with van der Waals surface area (Å²) in [6, 6.07) is 0.416. The molecule has 1 rings (SSSR count). The topological polar surface area (TPSA) is 21.3 Å².